The number of primary amides is 1. The zero-order valence-electron chi connectivity index (χ0n) is 56.2. The van der Waals surface area contributed by atoms with Crippen molar-refractivity contribution in [3.63, 3.8) is 0 Å². The summed E-state index contributed by atoms with van der Waals surface area (Å²) < 4.78 is 57.9. The van der Waals surface area contributed by atoms with Gasteiger partial charge in [0.2, 0.25) is 0 Å². The summed E-state index contributed by atoms with van der Waals surface area (Å²) in [6.45, 7) is -0.220. The monoisotopic (exact) mass is 1490 g/mol. The number of nitrogens with zero attached hydrogens (tertiary/aromatic N) is 6. The molecule has 8 aromatic rings. The Labute approximate surface area is 610 Å². The van der Waals surface area contributed by atoms with Crippen molar-refractivity contribution in [2.75, 3.05) is 46.3 Å². The van der Waals surface area contributed by atoms with Crippen LogP contribution in [0, 0.1) is 24.4 Å². The van der Waals surface area contributed by atoms with Crippen LogP contribution in [0.2, 0.25) is 15.1 Å². The normalized spacial score (nSPS) is 14.6. The average molecular weight is 1500 g/mol. The van der Waals surface area contributed by atoms with E-state index in [1.54, 1.807) is 72.8 Å². The van der Waals surface area contributed by atoms with Gasteiger partial charge in [0.05, 0.1) is 83.2 Å². The molecule has 12 N–H and O–H groups in total. The molecular weight excluding hydrogens is 1420 g/mol. The number of hydrogen-bond donors (Lipinski definition) is 11. The fourth-order valence-corrected chi connectivity index (χ4v) is 12.2. The van der Waals surface area contributed by atoms with Crippen LogP contribution in [0.25, 0.3) is 27.6 Å². The number of benzene rings is 6. The maximum atomic E-state index is 15.7. The molecular formula is C72H75Cl3F3N12O14. The van der Waals surface area contributed by atoms with Gasteiger partial charge in [-0.15, -0.1) is 0 Å². The highest BCUT2D eigenvalue weighted by Gasteiger charge is 2.55. The maximum absolute atomic E-state index is 15.7. The van der Waals surface area contributed by atoms with Crippen molar-refractivity contribution in [3.05, 3.63) is 230 Å². The number of carbonyl (C=O) groups is 6. The van der Waals surface area contributed by atoms with E-state index >= 15 is 14.4 Å². The van der Waals surface area contributed by atoms with E-state index in [1.807, 2.05) is 0 Å². The fraction of sp³-hybridized carbons (Fsp3) is 0.292. The highest BCUT2D eigenvalue weighted by Crippen LogP contribution is 2.42. The van der Waals surface area contributed by atoms with E-state index in [1.165, 1.54) is 81.9 Å². The summed E-state index contributed by atoms with van der Waals surface area (Å²) in [6, 6.07) is 26.1. The zero-order chi connectivity index (χ0) is 75.1. The number of likely N-dealkylation sites (N-methyl/N-ethyl adjacent to an activating group) is 3. The van der Waals surface area contributed by atoms with Crippen LogP contribution in [-0.2, 0) is 40.5 Å². The van der Waals surface area contributed by atoms with Gasteiger partial charge in [0.15, 0.2) is 0 Å². The van der Waals surface area contributed by atoms with Gasteiger partial charge in [0, 0.05) is 64.2 Å². The summed E-state index contributed by atoms with van der Waals surface area (Å²) in [7, 11) is 3.76. The summed E-state index contributed by atoms with van der Waals surface area (Å²) >= 11 is 18.9. The molecule has 0 aliphatic carbocycles. The molecule has 8 atom stereocenters. The highest BCUT2D eigenvalue weighted by atomic mass is 35.5. The van der Waals surface area contributed by atoms with E-state index in [4.69, 9.17) is 54.8 Å². The number of fused-ring (bicyclic) bond motifs is 3. The van der Waals surface area contributed by atoms with E-state index in [-0.39, 0.29) is 62.1 Å². The molecule has 2 aromatic heterocycles. The lowest BCUT2D eigenvalue weighted by atomic mass is 9.90. The molecule has 1 aliphatic heterocycles. The van der Waals surface area contributed by atoms with Gasteiger partial charge in [-0.25, -0.2) is 52.6 Å². The molecule has 6 aromatic carbocycles. The van der Waals surface area contributed by atoms with Gasteiger partial charge in [0.1, 0.15) is 41.1 Å². The Balaban J connectivity index is 1.14. The third-order valence-electron chi connectivity index (χ3n) is 17.4. The number of nitrogens with one attached hydrogen (secondary N) is 5. The van der Waals surface area contributed by atoms with E-state index in [2.05, 4.69) is 43.6 Å². The molecule has 1 radical (unpaired) electrons. The van der Waals surface area contributed by atoms with Crippen LogP contribution in [0.1, 0.15) is 69.4 Å². The molecule has 3 heterocycles. The van der Waals surface area contributed by atoms with Crippen LogP contribution in [0.4, 0.5) is 43.0 Å². The summed E-state index contributed by atoms with van der Waals surface area (Å²) in [6.07, 6.45) is -7.43. The fourth-order valence-electron chi connectivity index (χ4n) is 11.6. The third kappa shape index (κ3) is 19.1. The molecule has 549 valence electrons. The number of aliphatic hydroxyl groups is 5. The van der Waals surface area contributed by atoms with Gasteiger partial charge in [-0.1, -0.05) is 144 Å². The maximum Gasteiger partial charge on any atom is 0.415 e. The minimum atomic E-state index is -3.03. The Bertz CT molecular complexity index is 4480. The molecule has 2 unspecified atom stereocenters. The van der Waals surface area contributed by atoms with Crippen LogP contribution >= 0.6 is 34.8 Å². The molecule has 26 nitrogen and oxygen atoms in total. The number of urea groups is 4. The third-order valence-corrected chi connectivity index (χ3v) is 18.6. The minimum absolute atomic E-state index is 0.105. The predicted molar refractivity (Wildman–Crippen MR) is 380 cm³/mol. The number of hydrogen-bond acceptors (Lipinski definition) is 16. The lowest BCUT2D eigenvalue weighted by Gasteiger charge is -2.48. The Kier molecular flexibility index (Phi) is 26.7. The molecule has 9 rings (SSSR count). The van der Waals surface area contributed by atoms with Crippen molar-refractivity contribution >= 4 is 104 Å². The number of nitrogens with two attached hydrogens (primary N) is 1. The van der Waals surface area contributed by atoms with Gasteiger partial charge in [-0.2, -0.15) is 0 Å². The second kappa shape index (κ2) is 35.5. The van der Waals surface area contributed by atoms with Crippen molar-refractivity contribution in [1.29, 1.82) is 0 Å². The van der Waals surface area contributed by atoms with Crippen molar-refractivity contribution < 1.29 is 81.8 Å². The minimum Gasteiger partial charge on any atom is -0.408 e. The smallest absolute Gasteiger partial charge is 0.408 e. The number of anilines is 1. The van der Waals surface area contributed by atoms with Gasteiger partial charge < -0.3 is 71.4 Å². The largest absolute Gasteiger partial charge is 0.415 e. The van der Waals surface area contributed by atoms with Gasteiger partial charge in [0.25, 0.3) is 11.7 Å². The number of amides is 10. The molecule has 0 saturated carbocycles. The van der Waals surface area contributed by atoms with E-state index < -0.39 is 160 Å². The number of carbonyl (C=O) groups excluding carboxylic acids is 6. The number of aliphatic hydroxyl groups excluding tert-OH is 5. The van der Waals surface area contributed by atoms with Crippen LogP contribution in [0.3, 0.4) is 0 Å². The average Bonchev–Trinajstić information content (AvgIpc) is 0.744. The lowest BCUT2D eigenvalue weighted by molar-refractivity contribution is -0.223. The molecule has 104 heavy (non-hydrogen) atoms. The van der Waals surface area contributed by atoms with Gasteiger partial charge in [-0.05, 0) is 94.8 Å². The first kappa shape index (κ1) is 78.2. The van der Waals surface area contributed by atoms with Crippen LogP contribution in [-0.4, -0.2) is 174 Å². The first-order valence-corrected chi connectivity index (χ1v) is 33.5. The SMILES string of the molecule is [CH2][C@H](O)C[C@@H](N(C)C(=O)NCc1cccc(F)c1Cl)C(OC[C@H](C[C@@H](O)CO)N(C)C(=O)NCc1cccc(F)c1Cl)(OC(=O)Nc1cc2ccccc2cn1)C1=Cc2ccccc2CN1C(=O)NOC[C@H](C[C@H](O)C(O)c1cc2ccccc2c(C(N)=O)n1)N(C)C(=O)NCc1cccc(F)c1Cl. The Hall–Kier alpha value is -9.92. The van der Waals surface area contributed by atoms with Crippen LogP contribution < -0.4 is 32.5 Å². The first-order chi connectivity index (χ1) is 49.7. The number of hydroxylamine groups is 1. The number of ether oxygens (including phenoxy) is 2. The summed E-state index contributed by atoms with van der Waals surface area (Å²) in [4.78, 5) is 106. The molecule has 32 heteroatoms. The molecule has 0 bridgehead atoms. The second-order valence-corrected chi connectivity index (χ2v) is 25.5. The topological polar surface area (TPSA) is 356 Å². The predicted octanol–water partition coefficient (Wildman–Crippen LogP) is 9.46. The van der Waals surface area contributed by atoms with E-state index in [0.29, 0.717) is 32.7 Å². The number of rotatable bonds is 29. The summed E-state index contributed by atoms with van der Waals surface area (Å²) in [5.74, 6) is -6.43. The Morgan fingerprint density at radius 2 is 1.19 bits per heavy atom. The Morgan fingerprint density at radius 1 is 0.663 bits per heavy atom. The molecule has 1 aliphatic rings. The second-order valence-electron chi connectivity index (χ2n) is 24.4. The zero-order valence-corrected chi connectivity index (χ0v) is 58.5. The number of aromatic nitrogens is 2. The molecule has 10 amide bonds. The lowest BCUT2D eigenvalue weighted by Crippen LogP contribution is -2.64. The van der Waals surface area contributed by atoms with Crippen LogP contribution in [0.15, 0.2) is 151 Å². The molecule has 0 saturated heterocycles. The van der Waals surface area contributed by atoms with Crippen molar-refractivity contribution in [2.24, 2.45) is 5.73 Å². The molecule has 0 fully saturated rings. The highest BCUT2D eigenvalue weighted by molar-refractivity contribution is 6.32. The van der Waals surface area contributed by atoms with E-state index in [0.717, 1.165) is 37.8 Å². The van der Waals surface area contributed by atoms with Crippen molar-refractivity contribution in [3.8, 4) is 0 Å². The first-order valence-electron chi connectivity index (χ1n) is 32.3. The van der Waals surface area contributed by atoms with Crippen LogP contribution in [0.5, 0.6) is 0 Å². The quantitative estimate of drug-likeness (QED) is 0.0153. The standard InChI is InChI=1S/C72H75Cl3F3N12O14/c1-40(92)26-58(89(4)69(99)83-35-47-21-13-25-55(78)63(47)75)72(104-71(101)85-60-29-42-15-5-7-17-44(42)32-80-60,102-38-49(30-51(93)37-91)87(2)67(97)81-33-45-19-11-23-53(76)61(45)73)59-28-41-14-6-8-18-48(41)36-90(59)70(100)86-103-39-50(88(3)68(98)82-34-46-20-12-24-54(77)62(46)74)31-57(94)65(95)56-27-43-16-9-10-22-52(43)64(84-56)66(79)96/h5-25,27-29,32,40,49-51,57-58,65,91-95H,1,26,30-31,33-39H2,2-4H3,(H2,79,96)(H,81,97)(H,82,98)(H,83,99)(H,86,100)(H,80,85,101)/t40-,49-,50-,51+,57-,58+,65?,72?/m0/s1. The van der Waals surface area contributed by atoms with Gasteiger partial charge >= 0.3 is 30.2 Å². The summed E-state index contributed by atoms with van der Waals surface area (Å²) in [5.41, 5.74) is 8.42. The van der Waals surface area contributed by atoms with Crippen molar-refractivity contribution in [1.82, 2.24) is 51.0 Å². The van der Waals surface area contributed by atoms with Gasteiger partial charge in [-0.3, -0.25) is 19.8 Å². The number of pyridine rings is 2. The summed E-state index contributed by atoms with van der Waals surface area (Å²) in [5, 5.41) is 68.6. The van der Waals surface area contributed by atoms with Crippen molar-refractivity contribution in [2.45, 2.75) is 93.8 Å². The number of halogens is 6. The molecule has 0 spiro atoms. The van der Waals surface area contributed by atoms with E-state index in [9.17, 15) is 53.1 Å². The Morgan fingerprint density at radius 3 is 1.76 bits per heavy atom.